The number of carbonyl (C=O) groups is 2. The number of hydrogen-bond acceptors (Lipinski definition) is 3. The summed E-state index contributed by atoms with van der Waals surface area (Å²) in [6.45, 7) is 2.81. The van der Waals surface area contributed by atoms with E-state index in [4.69, 9.17) is 5.11 Å². The van der Waals surface area contributed by atoms with Gasteiger partial charge in [0.25, 0.3) is 0 Å². The van der Waals surface area contributed by atoms with Gasteiger partial charge >= 0.3 is 5.97 Å². The molecule has 3 rings (SSSR count). The molecular formula is C15H17NO3S. The molecule has 1 N–H and O–H groups in total. The maximum absolute atomic E-state index is 12.5. The molecule has 0 bridgehead atoms. The number of carboxylic acid groups (broad SMARTS) is 1. The van der Waals surface area contributed by atoms with Gasteiger partial charge in [-0.2, -0.15) is 0 Å². The van der Waals surface area contributed by atoms with Crippen molar-refractivity contribution in [1.29, 1.82) is 0 Å². The molecule has 0 aliphatic carbocycles. The van der Waals surface area contributed by atoms with Crippen LogP contribution in [0.5, 0.6) is 0 Å². The van der Waals surface area contributed by atoms with E-state index >= 15 is 0 Å². The zero-order valence-corrected chi connectivity index (χ0v) is 12.1. The summed E-state index contributed by atoms with van der Waals surface area (Å²) in [5.41, 5.74) is 1.22. The van der Waals surface area contributed by atoms with E-state index in [2.05, 4.69) is 6.07 Å². The third kappa shape index (κ3) is 2.30. The molecule has 2 heterocycles. The van der Waals surface area contributed by atoms with Crippen LogP contribution in [0.4, 0.5) is 0 Å². The third-order valence-corrected chi connectivity index (χ3v) is 5.47. The minimum Gasteiger partial charge on any atom is -0.481 e. The van der Waals surface area contributed by atoms with Crippen LogP contribution in [0.25, 0.3) is 0 Å². The number of benzene rings is 1. The molecule has 2 aliphatic heterocycles. The van der Waals surface area contributed by atoms with Gasteiger partial charge in [0.15, 0.2) is 0 Å². The molecule has 2 aliphatic rings. The second-order valence-electron chi connectivity index (χ2n) is 5.58. The number of aliphatic carboxylic acids is 1. The summed E-state index contributed by atoms with van der Waals surface area (Å²) in [4.78, 5) is 26.6. The Morgan fingerprint density at radius 3 is 2.70 bits per heavy atom. The van der Waals surface area contributed by atoms with Crippen molar-refractivity contribution < 1.29 is 14.7 Å². The molecule has 4 nitrogen and oxygen atoms in total. The number of hydrogen-bond donors (Lipinski definition) is 1. The third-order valence-electron chi connectivity index (χ3n) is 4.16. The largest absolute Gasteiger partial charge is 0.481 e. The zero-order valence-electron chi connectivity index (χ0n) is 11.3. The van der Waals surface area contributed by atoms with E-state index in [1.54, 1.807) is 16.7 Å². The lowest BCUT2D eigenvalue weighted by molar-refractivity contribution is -0.142. The summed E-state index contributed by atoms with van der Waals surface area (Å²) < 4.78 is 0. The molecule has 106 valence electrons. The Balaban J connectivity index is 1.69. The van der Waals surface area contributed by atoms with E-state index in [9.17, 15) is 9.59 Å². The molecule has 3 atom stereocenters. The van der Waals surface area contributed by atoms with Gasteiger partial charge in [-0.1, -0.05) is 25.1 Å². The van der Waals surface area contributed by atoms with Gasteiger partial charge in [-0.15, -0.1) is 11.8 Å². The molecule has 3 unspecified atom stereocenters. The first-order valence-electron chi connectivity index (χ1n) is 6.82. The quantitative estimate of drug-likeness (QED) is 0.904. The van der Waals surface area contributed by atoms with Gasteiger partial charge in [0.05, 0.1) is 11.2 Å². The first kappa shape index (κ1) is 13.5. The average molecular weight is 291 g/mol. The van der Waals surface area contributed by atoms with Crippen molar-refractivity contribution in [3.63, 3.8) is 0 Å². The Kier molecular flexibility index (Phi) is 3.46. The molecule has 0 aromatic heterocycles. The molecule has 1 aromatic rings. The Morgan fingerprint density at radius 1 is 1.30 bits per heavy atom. The summed E-state index contributed by atoms with van der Waals surface area (Å²) in [7, 11) is 0. The van der Waals surface area contributed by atoms with Crippen molar-refractivity contribution in [2.24, 2.45) is 11.8 Å². The highest BCUT2D eigenvalue weighted by Crippen LogP contribution is 2.38. The van der Waals surface area contributed by atoms with Gasteiger partial charge < -0.3 is 10.0 Å². The van der Waals surface area contributed by atoms with E-state index in [0.717, 1.165) is 6.42 Å². The van der Waals surface area contributed by atoms with Crippen LogP contribution in [-0.4, -0.2) is 40.2 Å². The Hall–Kier alpha value is -1.49. The van der Waals surface area contributed by atoms with E-state index < -0.39 is 11.9 Å². The van der Waals surface area contributed by atoms with Crippen LogP contribution in [0.1, 0.15) is 12.5 Å². The highest BCUT2D eigenvalue weighted by Gasteiger charge is 2.40. The van der Waals surface area contributed by atoms with E-state index in [-0.39, 0.29) is 17.1 Å². The van der Waals surface area contributed by atoms with Gasteiger partial charge in [0, 0.05) is 18.0 Å². The Morgan fingerprint density at radius 2 is 2.05 bits per heavy atom. The van der Waals surface area contributed by atoms with Crippen molar-refractivity contribution in [1.82, 2.24) is 4.90 Å². The van der Waals surface area contributed by atoms with Crippen LogP contribution in [0.2, 0.25) is 0 Å². The molecule has 20 heavy (non-hydrogen) atoms. The van der Waals surface area contributed by atoms with Crippen LogP contribution >= 0.6 is 11.8 Å². The number of nitrogens with zero attached hydrogens (tertiary/aromatic N) is 1. The van der Waals surface area contributed by atoms with Crippen LogP contribution in [0.15, 0.2) is 29.2 Å². The molecular weight excluding hydrogens is 274 g/mol. The highest BCUT2D eigenvalue weighted by molar-refractivity contribution is 8.01. The molecule has 0 radical (unpaired) electrons. The van der Waals surface area contributed by atoms with Crippen LogP contribution in [-0.2, 0) is 16.0 Å². The maximum Gasteiger partial charge on any atom is 0.308 e. The fourth-order valence-corrected chi connectivity index (χ4v) is 4.27. The second kappa shape index (κ2) is 5.13. The number of likely N-dealkylation sites (tertiary alicyclic amines) is 1. The van der Waals surface area contributed by atoms with Crippen LogP contribution in [0.3, 0.4) is 0 Å². The van der Waals surface area contributed by atoms with E-state index in [1.807, 2.05) is 25.1 Å². The first-order valence-corrected chi connectivity index (χ1v) is 7.70. The smallest absolute Gasteiger partial charge is 0.308 e. The van der Waals surface area contributed by atoms with Crippen molar-refractivity contribution in [3.8, 4) is 0 Å². The molecule has 5 heteroatoms. The van der Waals surface area contributed by atoms with Crippen molar-refractivity contribution in [2.45, 2.75) is 23.5 Å². The molecule has 0 spiro atoms. The van der Waals surface area contributed by atoms with Gasteiger partial charge in [-0.25, -0.2) is 0 Å². The minimum absolute atomic E-state index is 0.0326. The zero-order chi connectivity index (χ0) is 14.3. The van der Waals surface area contributed by atoms with Gasteiger partial charge in [-0.05, 0) is 24.0 Å². The number of amides is 1. The molecule has 1 saturated heterocycles. The highest BCUT2D eigenvalue weighted by atomic mass is 32.2. The number of carbonyl (C=O) groups excluding carboxylic acids is 1. The van der Waals surface area contributed by atoms with Gasteiger partial charge in [0.2, 0.25) is 5.91 Å². The van der Waals surface area contributed by atoms with Crippen LogP contribution in [0, 0.1) is 11.8 Å². The normalized spacial score (nSPS) is 28.4. The average Bonchev–Trinajstić information content (AvgIpc) is 3.01. The number of carboxylic acids is 1. The standard InChI is InChI=1S/C15H17NO3S/c1-9-7-16(8-11(9)15(18)19)14(17)13-6-10-4-2-3-5-12(10)20-13/h2-5,9,11,13H,6-8H2,1H3,(H,18,19). The lowest BCUT2D eigenvalue weighted by atomic mass is 9.99. The van der Waals surface area contributed by atoms with Gasteiger partial charge in [-0.3, -0.25) is 9.59 Å². The summed E-state index contributed by atoms with van der Waals surface area (Å²) in [6, 6.07) is 8.07. The number of fused-ring (bicyclic) bond motifs is 1. The molecule has 1 amide bonds. The monoisotopic (exact) mass is 291 g/mol. The van der Waals surface area contributed by atoms with E-state index in [0.29, 0.717) is 13.1 Å². The summed E-state index contributed by atoms with van der Waals surface area (Å²) >= 11 is 1.60. The SMILES string of the molecule is CC1CN(C(=O)C2Cc3ccccc3S2)CC1C(=O)O. The Labute approximate surface area is 122 Å². The van der Waals surface area contributed by atoms with Crippen molar-refractivity contribution in [2.75, 3.05) is 13.1 Å². The Bertz CT molecular complexity index is 535. The molecule has 1 fully saturated rings. The molecule has 0 saturated carbocycles. The predicted molar refractivity (Wildman–Crippen MR) is 76.7 cm³/mol. The van der Waals surface area contributed by atoms with Crippen LogP contribution < -0.4 is 0 Å². The first-order chi connectivity index (χ1) is 9.56. The maximum atomic E-state index is 12.5. The number of thioether (sulfide) groups is 1. The van der Waals surface area contributed by atoms with Crippen molar-refractivity contribution >= 4 is 23.6 Å². The number of rotatable bonds is 2. The summed E-state index contributed by atoms with van der Waals surface area (Å²) in [5.74, 6) is -1.10. The molecule has 1 aromatic carbocycles. The summed E-state index contributed by atoms with van der Waals surface area (Å²) in [5, 5.41) is 9.06. The van der Waals surface area contributed by atoms with Gasteiger partial charge in [0.1, 0.15) is 0 Å². The fraction of sp³-hybridized carbons (Fsp3) is 0.467. The summed E-state index contributed by atoms with van der Waals surface area (Å²) in [6.07, 6.45) is 0.752. The van der Waals surface area contributed by atoms with E-state index in [1.165, 1.54) is 10.5 Å². The second-order valence-corrected chi connectivity index (χ2v) is 6.83. The fourth-order valence-electron chi connectivity index (χ4n) is 2.99. The topological polar surface area (TPSA) is 57.6 Å². The minimum atomic E-state index is -0.796. The lowest BCUT2D eigenvalue weighted by Crippen LogP contribution is -2.36. The lowest BCUT2D eigenvalue weighted by Gasteiger charge is -2.19. The predicted octanol–water partition coefficient (Wildman–Crippen LogP) is 1.88. The van der Waals surface area contributed by atoms with Crippen molar-refractivity contribution in [3.05, 3.63) is 29.8 Å².